The molecule has 1 aromatic carbocycles. The molecule has 2 aromatic rings. The standard InChI is InChI=1S/C8H5ClF2N4/c9-4-2-6(11)5(10)1-3(4)7-13-8(12)15-14-7/h1-2H,(H3,12,13,14,15). The van der Waals surface area contributed by atoms with E-state index in [1.165, 1.54) is 0 Å². The number of nitrogen functional groups attached to an aromatic ring is 1. The Bertz CT molecular complexity index is 511. The molecule has 0 aliphatic rings. The van der Waals surface area contributed by atoms with Gasteiger partial charge in [0, 0.05) is 5.56 Å². The van der Waals surface area contributed by atoms with Crippen molar-refractivity contribution in [3.8, 4) is 11.4 Å². The van der Waals surface area contributed by atoms with Crippen molar-refractivity contribution in [3.63, 3.8) is 0 Å². The van der Waals surface area contributed by atoms with E-state index >= 15 is 0 Å². The number of anilines is 1. The van der Waals surface area contributed by atoms with Crippen molar-refractivity contribution in [2.24, 2.45) is 0 Å². The number of H-pyrrole nitrogens is 1. The van der Waals surface area contributed by atoms with E-state index in [0.29, 0.717) is 0 Å². The summed E-state index contributed by atoms with van der Waals surface area (Å²) < 4.78 is 25.7. The summed E-state index contributed by atoms with van der Waals surface area (Å²) >= 11 is 5.71. The molecule has 0 bridgehead atoms. The highest BCUT2D eigenvalue weighted by molar-refractivity contribution is 6.33. The van der Waals surface area contributed by atoms with Crippen LogP contribution in [0.4, 0.5) is 14.7 Å². The Labute approximate surface area is 88.1 Å². The number of benzene rings is 1. The fraction of sp³-hybridized carbons (Fsp3) is 0. The molecule has 4 nitrogen and oxygen atoms in total. The van der Waals surface area contributed by atoms with Gasteiger partial charge >= 0.3 is 0 Å². The normalized spacial score (nSPS) is 10.6. The second-order valence-electron chi connectivity index (χ2n) is 2.79. The summed E-state index contributed by atoms with van der Waals surface area (Å²) in [6, 6.07) is 1.79. The average molecular weight is 231 g/mol. The van der Waals surface area contributed by atoms with Gasteiger partial charge in [0.15, 0.2) is 17.5 Å². The van der Waals surface area contributed by atoms with E-state index in [4.69, 9.17) is 17.3 Å². The number of hydrogen-bond donors (Lipinski definition) is 2. The van der Waals surface area contributed by atoms with Crippen LogP contribution in [0.15, 0.2) is 12.1 Å². The number of hydrogen-bond acceptors (Lipinski definition) is 3. The highest BCUT2D eigenvalue weighted by atomic mass is 35.5. The zero-order chi connectivity index (χ0) is 11.0. The molecular formula is C8H5ClF2N4. The van der Waals surface area contributed by atoms with Gasteiger partial charge in [0.1, 0.15) is 0 Å². The molecule has 0 spiro atoms. The number of rotatable bonds is 1. The van der Waals surface area contributed by atoms with Crippen LogP contribution in [0.2, 0.25) is 5.02 Å². The van der Waals surface area contributed by atoms with Gasteiger partial charge in [-0.1, -0.05) is 11.6 Å². The molecule has 3 N–H and O–H groups in total. The van der Waals surface area contributed by atoms with E-state index in [1.807, 2.05) is 0 Å². The molecule has 0 aliphatic heterocycles. The summed E-state index contributed by atoms with van der Waals surface area (Å²) in [5.41, 5.74) is 5.48. The van der Waals surface area contributed by atoms with Crippen molar-refractivity contribution in [2.45, 2.75) is 0 Å². The van der Waals surface area contributed by atoms with Crippen molar-refractivity contribution < 1.29 is 8.78 Å². The van der Waals surface area contributed by atoms with Gasteiger partial charge < -0.3 is 5.73 Å². The minimum Gasteiger partial charge on any atom is -0.366 e. The van der Waals surface area contributed by atoms with E-state index in [0.717, 1.165) is 12.1 Å². The fourth-order valence-corrected chi connectivity index (χ4v) is 1.34. The van der Waals surface area contributed by atoms with Gasteiger partial charge in [-0.05, 0) is 12.1 Å². The van der Waals surface area contributed by atoms with Gasteiger partial charge in [-0.15, -0.1) is 5.10 Å². The Kier molecular flexibility index (Phi) is 2.28. The number of aromatic amines is 1. The van der Waals surface area contributed by atoms with Gasteiger partial charge in [0.25, 0.3) is 0 Å². The maximum Gasteiger partial charge on any atom is 0.239 e. The first-order chi connectivity index (χ1) is 7.08. The highest BCUT2D eigenvalue weighted by Gasteiger charge is 2.12. The topological polar surface area (TPSA) is 67.6 Å². The molecule has 0 amide bonds. The Morgan fingerprint density at radius 1 is 1.27 bits per heavy atom. The lowest BCUT2D eigenvalue weighted by Crippen LogP contribution is -1.89. The summed E-state index contributed by atoms with van der Waals surface area (Å²) in [6.45, 7) is 0. The lowest BCUT2D eigenvalue weighted by atomic mass is 10.2. The van der Waals surface area contributed by atoms with Gasteiger partial charge in [-0.3, -0.25) is 5.10 Å². The molecule has 0 saturated heterocycles. The number of nitrogens with one attached hydrogen (secondary N) is 1. The van der Waals surface area contributed by atoms with E-state index in [9.17, 15) is 8.78 Å². The molecule has 1 aromatic heterocycles. The van der Waals surface area contributed by atoms with Crippen LogP contribution < -0.4 is 5.73 Å². The van der Waals surface area contributed by atoms with Crippen molar-refractivity contribution in [2.75, 3.05) is 5.73 Å². The van der Waals surface area contributed by atoms with Crippen LogP contribution in [0, 0.1) is 11.6 Å². The average Bonchev–Trinajstić information content (AvgIpc) is 2.58. The van der Waals surface area contributed by atoms with Crippen molar-refractivity contribution in [3.05, 3.63) is 28.8 Å². The quantitative estimate of drug-likeness (QED) is 0.736. The molecule has 0 saturated carbocycles. The van der Waals surface area contributed by atoms with Crippen molar-refractivity contribution >= 4 is 17.5 Å². The van der Waals surface area contributed by atoms with E-state index in [1.54, 1.807) is 0 Å². The second-order valence-corrected chi connectivity index (χ2v) is 3.20. The molecule has 0 unspecified atom stereocenters. The number of nitrogens with two attached hydrogens (primary N) is 1. The number of halogens is 3. The molecule has 15 heavy (non-hydrogen) atoms. The maximum absolute atomic E-state index is 12.9. The van der Waals surface area contributed by atoms with Crippen molar-refractivity contribution in [1.82, 2.24) is 15.2 Å². The smallest absolute Gasteiger partial charge is 0.239 e. The zero-order valence-corrected chi connectivity index (χ0v) is 8.02. The monoisotopic (exact) mass is 230 g/mol. The lowest BCUT2D eigenvalue weighted by molar-refractivity contribution is 0.509. The molecule has 7 heteroatoms. The third-order valence-electron chi connectivity index (χ3n) is 1.77. The number of aromatic nitrogens is 3. The molecule has 78 valence electrons. The third kappa shape index (κ3) is 1.75. The molecule has 0 atom stereocenters. The fourth-order valence-electron chi connectivity index (χ4n) is 1.10. The van der Waals surface area contributed by atoms with Gasteiger partial charge in [-0.25, -0.2) is 8.78 Å². The molecule has 2 rings (SSSR count). The van der Waals surface area contributed by atoms with Gasteiger partial charge in [-0.2, -0.15) is 4.98 Å². The first-order valence-electron chi connectivity index (χ1n) is 3.90. The van der Waals surface area contributed by atoms with Crippen LogP contribution in [0.5, 0.6) is 0 Å². The van der Waals surface area contributed by atoms with Gasteiger partial charge in [0.2, 0.25) is 5.95 Å². The Balaban J connectivity index is 2.58. The van der Waals surface area contributed by atoms with Crippen LogP contribution in [-0.2, 0) is 0 Å². The van der Waals surface area contributed by atoms with E-state index < -0.39 is 11.6 Å². The largest absolute Gasteiger partial charge is 0.366 e. The third-order valence-corrected chi connectivity index (χ3v) is 2.08. The predicted octanol–water partition coefficient (Wildman–Crippen LogP) is 1.99. The second kappa shape index (κ2) is 3.47. The van der Waals surface area contributed by atoms with Crippen LogP contribution in [0.3, 0.4) is 0 Å². The minimum absolute atomic E-state index is 0.00537. The van der Waals surface area contributed by atoms with Crippen LogP contribution in [0.1, 0.15) is 0 Å². The first kappa shape index (κ1) is 9.85. The Morgan fingerprint density at radius 2 is 1.93 bits per heavy atom. The summed E-state index contributed by atoms with van der Waals surface area (Å²) in [4.78, 5) is 3.75. The minimum atomic E-state index is -1.02. The van der Waals surface area contributed by atoms with Crippen LogP contribution >= 0.6 is 11.6 Å². The Hall–Kier alpha value is -1.69. The SMILES string of the molecule is Nc1n[nH]c(-c2cc(F)c(F)cc2Cl)n1. The number of nitrogens with zero attached hydrogens (tertiary/aromatic N) is 2. The highest BCUT2D eigenvalue weighted by Crippen LogP contribution is 2.27. The Morgan fingerprint density at radius 3 is 2.53 bits per heavy atom. The molecule has 0 radical (unpaired) electrons. The maximum atomic E-state index is 12.9. The summed E-state index contributed by atoms with van der Waals surface area (Å²) in [7, 11) is 0. The van der Waals surface area contributed by atoms with Crippen LogP contribution in [0.25, 0.3) is 11.4 Å². The van der Waals surface area contributed by atoms with Crippen LogP contribution in [-0.4, -0.2) is 15.2 Å². The van der Waals surface area contributed by atoms with E-state index in [2.05, 4.69) is 15.2 Å². The summed E-state index contributed by atoms with van der Waals surface area (Å²) in [6.07, 6.45) is 0. The molecule has 1 heterocycles. The summed E-state index contributed by atoms with van der Waals surface area (Å²) in [5.74, 6) is -1.83. The predicted molar refractivity (Wildman–Crippen MR) is 51.2 cm³/mol. The zero-order valence-electron chi connectivity index (χ0n) is 7.26. The van der Waals surface area contributed by atoms with Gasteiger partial charge in [0.05, 0.1) is 5.02 Å². The van der Waals surface area contributed by atoms with Crippen molar-refractivity contribution in [1.29, 1.82) is 0 Å². The molecule has 0 fully saturated rings. The summed E-state index contributed by atoms with van der Waals surface area (Å²) in [5, 5.41) is 6.04. The molecular weight excluding hydrogens is 226 g/mol. The first-order valence-corrected chi connectivity index (χ1v) is 4.28. The van der Waals surface area contributed by atoms with E-state index in [-0.39, 0.29) is 22.4 Å². The molecule has 0 aliphatic carbocycles. The lowest BCUT2D eigenvalue weighted by Gasteiger charge is -2.00.